The first-order valence-electron chi connectivity index (χ1n) is 5.11. The summed E-state index contributed by atoms with van der Waals surface area (Å²) in [6.07, 6.45) is 0. The quantitative estimate of drug-likeness (QED) is 0.737. The van der Waals surface area contributed by atoms with Gasteiger partial charge in [0.15, 0.2) is 0 Å². The average molecular weight is 202 g/mol. The Labute approximate surface area is 92.1 Å². The van der Waals surface area contributed by atoms with Crippen molar-refractivity contribution < 1.29 is 0 Å². The number of nitrogens with zero attached hydrogens (tertiary/aromatic N) is 2. The predicted molar refractivity (Wildman–Crippen MR) is 62.7 cm³/mol. The lowest BCUT2D eigenvalue weighted by molar-refractivity contribution is 0.357. The highest BCUT2D eigenvalue weighted by Gasteiger charge is 2.15. The summed E-state index contributed by atoms with van der Waals surface area (Å²) in [5.41, 5.74) is 4.84. The minimum Gasteiger partial charge on any atom is -0.291 e. The molecular weight excluding hydrogens is 184 g/mol. The third kappa shape index (κ3) is 2.37. The molecule has 0 aromatic heterocycles. The normalized spacial score (nSPS) is 12.6. The Morgan fingerprint density at radius 2 is 1.60 bits per heavy atom. The fourth-order valence-electron chi connectivity index (χ4n) is 1.74. The summed E-state index contributed by atoms with van der Waals surface area (Å²) in [4.78, 5) is 1.94. The molecule has 2 nitrogen and oxygen atoms in total. The topological polar surface area (TPSA) is 27.0 Å². The van der Waals surface area contributed by atoms with Gasteiger partial charge in [-0.15, -0.1) is 0 Å². The van der Waals surface area contributed by atoms with Crippen LogP contribution in [0.1, 0.15) is 28.3 Å². The lowest BCUT2D eigenvalue weighted by Gasteiger charge is -2.20. The molecule has 0 N–H and O–H groups in total. The fraction of sp³-hybridized carbons (Fsp3) is 0.462. The summed E-state index contributed by atoms with van der Waals surface area (Å²) in [6.45, 7) is 6.25. The molecule has 0 heterocycles. The third-order valence-electron chi connectivity index (χ3n) is 2.82. The van der Waals surface area contributed by atoms with Crippen molar-refractivity contribution in [3.63, 3.8) is 0 Å². The van der Waals surface area contributed by atoms with E-state index in [2.05, 4.69) is 39.0 Å². The van der Waals surface area contributed by atoms with E-state index < -0.39 is 0 Å². The molecule has 1 atom stereocenters. The van der Waals surface area contributed by atoms with Gasteiger partial charge in [0.2, 0.25) is 0 Å². The average Bonchev–Trinajstić information content (AvgIpc) is 2.14. The molecule has 0 bridgehead atoms. The zero-order valence-electron chi connectivity index (χ0n) is 10.1. The maximum absolute atomic E-state index is 9.14. The summed E-state index contributed by atoms with van der Waals surface area (Å²) in [7, 11) is 3.87. The van der Waals surface area contributed by atoms with Gasteiger partial charge in [-0.2, -0.15) is 5.26 Å². The summed E-state index contributed by atoms with van der Waals surface area (Å²) in [6, 6.07) is 6.46. The van der Waals surface area contributed by atoms with Gasteiger partial charge in [0.25, 0.3) is 0 Å². The van der Waals surface area contributed by atoms with Crippen molar-refractivity contribution in [3.05, 3.63) is 34.4 Å². The second-order valence-electron chi connectivity index (χ2n) is 4.29. The third-order valence-corrected chi connectivity index (χ3v) is 2.82. The highest BCUT2D eigenvalue weighted by atomic mass is 15.1. The Morgan fingerprint density at radius 3 is 2.07 bits per heavy atom. The molecule has 0 saturated heterocycles. The molecule has 0 aliphatic heterocycles. The fourth-order valence-corrected chi connectivity index (χ4v) is 1.74. The lowest BCUT2D eigenvalue weighted by atomic mass is 9.96. The zero-order chi connectivity index (χ0) is 11.6. The van der Waals surface area contributed by atoms with Crippen LogP contribution in [0.4, 0.5) is 0 Å². The number of nitriles is 1. The van der Waals surface area contributed by atoms with Crippen molar-refractivity contribution in [2.24, 2.45) is 0 Å². The molecule has 1 aromatic rings. The Hall–Kier alpha value is -1.33. The minimum absolute atomic E-state index is 0.149. The number of aryl methyl sites for hydroxylation is 3. The molecule has 80 valence electrons. The van der Waals surface area contributed by atoms with E-state index in [1.807, 2.05) is 19.0 Å². The van der Waals surface area contributed by atoms with Crippen molar-refractivity contribution in [3.8, 4) is 6.07 Å². The number of hydrogen-bond donors (Lipinski definition) is 0. The van der Waals surface area contributed by atoms with Crippen LogP contribution in [0, 0.1) is 32.1 Å². The van der Waals surface area contributed by atoms with Crippen LogP contribution in [0.25, 0.3) is 0 Å². The minimum atomic E-state index is -0.149. The Balaban J connectivity index is 3.26. The Kier molecular flexibility index (Phi) is 3.49. The molecule has 0 fully saturated rings. The second-order valence-corrected chi connectivity index (χ2v) is 4.29. The molecule has 2 heteroatoms. The van der Waals surface area contributed by atoms with Crippen LogP contribution in [0.2, 0.25) is 0 Å². The van der Waals surface area contributed by atoms with Crippen molar-refractivity contribution >= 4 is 0 Å². The Bertz CT molecular complexity index is 400. The van der Waals surface area contributed by atoms with Gasteiger partial charge in [-0.25, -0.2) is 0 Å². The van der Waals surface area contributed by atoms with Gasteiger partial charge < -0.3 is 0 Å². The van der Waals surface area contributed by atoms with E-state index >= 15 is 0 Å². The van der Waals surface area contributed by atoms with E-state index in [1.165, 1.54) is 16.7 Å². The van der Waals surface area contributed by atoms with Crippen LogP contribution in [0.5, 0.6) is 0 Å². The summed E-state index contributed by atoms with van der Waals surface area (Å²) >= 11 is 0. The van der Waals surface area contributed by atoms with Crippen molar-refractivity contribution in [2.75, 3.05) is 14.1 Å². The van der Waals surface area contributed by atoms with Crippen LogP contribution < -0.4 is 0 Å². The van der Waals surface area contributed by atoms with E-state index in [0.29, 0.717) is 0 Å². The van der Waals surface area contributed by atoms with E-state index in [-0.39, 0.29) is 6.04 Å². The molecule has 0 radical (unpaired) electrons. The molecular formula is C13H18N2. The van der Waals surface area contributed by atoms with E-state index in [1.54, 1.807) is 0 Å². The molecule has 0 aliphatic rings. The first-order valence-corrected chi connectivity index (χ1v) is 5.11. The molecule has 0 aliphatic carbocycles. The first-order chi connectivity index (χ1) is 6.97. The molecule has 1 aromatic carbocycles. The maximum atomic E-state index is 9.14. The predicted octanol–water partition coefficient (Wildman–Crippen LogP) is 2.74. The van der Waals surface area contributed by atoms with E-state index in [4.69, 9.17) is 5.26 Å². The number of benzene rings is 1. The van der Waals surface area contributed by atoms with Crippen molar-refractivity contribution in [2.45, 2.75) is 26.8 Å². The summed E-state index contributed by atoms with van der Waals surface area (Å²) < 4.78 is 0. The lowest BCUT2D eigenvalue weighted by Crippen LogP contribution is -2.19. The monoisotopic (exact) mass is 202 g/mol. The van der Waals surface area contributed by atoms with Gasteiger partial charge in [0.05, 0.1) is 6.07 Å². The number of hydrogen-bond acceptors (Lipinski definition) is 2. The second kappa shape index (κ2) is 4.46. The molecule has 0 saturated carbocycles. The Morgan fingerprint density at radius 1 is 1.07 bits per heavy atom. The highest BCUT2D eigenvalue weighted by Crippen LogP contribution is 2.24. The SMILES string of the molecule is Cc1cc(C)c(C(C#N)N(C)C)cc1C. The maximum Gasteiger partial charge on any atom is 0.123 e. The van der Waals surface area contributed by atoms with Crippen molar-refractivity contribution in [1.29, 1.82) is 5.26 Å². The molecule has 1 rings (SSSR count). The highest BCUT2D eigenvalue weighted by molar-refractivity contribution is 5.40. The molecule has 1 unspecified atom stereocenters. The van der Waals surface area contributed by atoms with Gasteiger partial charge in [-0.05, 0) is 57.1 Å². The van der Waals surface area contributed by atoms with Crippen LogP contribution in [-0.2, 0) is 0 Å². The van der Waals surface area contributed by atoms with Crippen LogP contribution in [-0.4, -0.2) is 19.0 Å². The first kappa shape index (κ1) is 11.7. The van der Waals surface area contributed by atoms with Gasteiger partial charge in [0.1, 0.15) is 6.04 Å². The molecule has 15 heavy (non-hydrogen) atoms. The van der Waals surface area contributed by atoms with E-state index in [0.717, 1.165) is 5.56 Å². The molecule has 0 amide bonds. The molecule has 0 spiro atoms. The van der Waals surface area contributed by atoms with Gasteiger partial charge in [0, 0.05) is 0 Å². The standard InChI is InChI=1S/C13H18N2/c1-9-6-11(3)12(7-10(9)2)13(8-14)15(4)5/h6-7,13H,1-5H3. The summed E-state index contributed by atoms with van der Waals surface area (Å²) in [5, 5.41) is 9.14. The van der Waals surface area contributed by atoms with Gasteiger partial charge >= 0.3 is 0 Å². The largest absolute Gasteiger partial charge is 0.291 e. The van der Waals surface area contributed by atoms with Gasteiger partial charge in [-0.1, -0.05) is 12.1 Å². The van der Waals surface area contributed by atoms with E-state index in [9.17, 15) is 0 Å². The zero-order valence-corrected chi connectivity index (χ0v) is 10.1. The number of rotatable bonds is 2. The summed E-state index contributed by atoms with van der Waals surface area (Å²) in [5.74, 6) is 0. The van der Waals surface area contributed by atoms with Crippen LogP contribution >= 0.6 is 0 Å². The smallest absolute Gasteiger partial charge is 0.123 e. The van der Waals surface area contributed by atoms with Crippen LogP contribution in [0.15, 0.2) is 12.1 Å². The van der Waals surface area contributed by atoms with Crippen LogP contribution in [0.3, 0.4) is 0 Å². The van der Waals surface area contributed by atoms with Crippen molar-refractivity contribution in [1.82, 2.24) is 4.90 Å². The van der Waals surface area contributed by atoms with Gasteiger partial charge in [-0.3, -0.25) is 4.90 Å².